The van der Waals surface area contributed by atoms with Crippen molar-refractivity contribution in [2.75, 3.05) is 33.7 Å². The van der Waals surface area contributed by atoms with Gasteiger partial charge in [0.15, 0.2) is 0 Å². The largest absolute Gasteiger partial charge is 0.481 e. The summed E-state index contributed by atoms with van der Waals surface area (Å²) in [5, 5.41) is 9.02. The Labute approximate surface area is 116 Å². The van der Waals surface area contributed by atoms with Crippen molar-refractivity contribution in [2.24, 2.45) is 11.8 Å². The van der Waals surface area contributed by atoms with Gasteiger partial charge in [-0.05, 0) is 65.1 Å². The molecule has 0 aromatic heterocycles. The van der Waals surface area contributed by atoms with E-state index >= 15 is 0 Å². The van der Waals surface area contributed by atoms with Gasteiger partial charge in [0.05, 0.1) is 5.92 Å². The number of rotatable bonds is 4. The Morgan fingerprint density at radius 3 is 2.53 bits per heavy atom. The lowest BCUT2D eigenvalue weighted by atomic mass is 9.81. The summed E-state index contributed by atoms with van der Waals surface area (Å²) in [5.41, 5.74) is 0. The highest BCUT2D eigenvalue weighted by atomic mass is 16.4. The van der Waals surface area contributed by atoms with Gasteiger partial charge in [-0.25, -0.2) is 0 Å². The maximum Gasteiger partial charge on any atom is 0.306 e. The molecule has 0 aromatic rings. The maximum absolute atomic E-state index is 11.0. The molecule has 19 heavy (non-hydrogen) atoms. The Morgan fingerprint density at radius 1 is 1.26 bits per heavy atom. The summed E-state index contributed by atoms with van der Waals surface area (Å²) in [6.45, 7) is 3.56. The van der Waals surface area contributed by atoms with E-state index in [0.29, 0.717) is 12.0 Å². The molecule has 1 heterocycles. The fourth-order valence-electron chi connectivity index (χ4n) is 3.65. The average molecular weight is 268 g/mol. The Hall–Kier alpha value is -0.610. The lowest BCUT2D eigenvalue weighted by molar-refractivity contribution is -0.143. The van der Waals surface area contributed by atoms with Crippen LogP contribution in [-0.4, -0.2) is 60.6 Å². The molecule has 1 saturated carbocycles. The van der Waals surface area contributed by atoms with Crippen molar-refractivity contribution < 1.29 is 9.90 Å². The third kappa shape index (κ3) is 4.18. The Balaban J connectivity index is 1.74. The summed E-state index contributed by atoms with van der Waals surface area (Å²) >= 11 is 0. The van der Waals surface area contributed by atoms with Crippen molar-refractivity contribution in [3.8, 4) is 0 Å². The molecule has 1 atom stereocenters. The number of carboxylic acid groups (broad SMARTS) is 1. The van der Waals surface area contributed by atoms with Gasteiger partial charge in [0.25, 0.3) is 0 Å². The Bertz CT molecular complexity index is 301. The normalized spacial score (nSPS) is 33.5. The van der Waals surface area contributed by atoms with E-state index in [0.717, 1.165) is 32.2 Å². The molecule has 0 amide bonds. The molecule has 1 saturated heterocycles. The molecule has 2 aliphatic rings. The van der Waals surface area contributed by atoms with Crippen LogP contribution in [0.3, 0.4) is 0 Å². The third-order valence-electron chi connectivity index (χ3n) is 4.97. The van der Waals surface area contributed by atoms with Crippen LogP contribution in [-0.2, 0) is 4.79 Å². The van der Waals surface area contributed by atoms with Crippen molar-refractivity contribution >= 4 is 5.97 Å². The zero-order chi connectivity index (χ0) is 13.8. The molecule has 4 heteroatoms. The van der Waals surface area contributed by atoms with Gasteiger partial charge in [-0.2, -0.15) is 0 Å². The number of likely N-dealkylation sites (tertiary alicyclic amines) is 1. The van der Waals surface area contributed by atoms with Crippen LogP contribution in [0.15, 0.2) is 0 Å². The van der Waals surface area contributed by atoms with Crippen LogP contribution in [0.1, 0.15) is 38.5 Å². The van der Waals surface area contributed by atoms with Gasteiger partial charge in [0.2, 0.25) is 0 Å². The number of hydrogen-bond donors (Lipinski definition) is 1. The van der Waals surface area contributed by atoms with Gasteiger partial charge in [0.1, 0.15) is 0 Å². The zero-order valence-corrected chi connectivity index (χ0v) is 12.3. The van der Waals surface area contributed by atoms with Crippen molar-refractivity contribution in [2.45, 2.75) is 44.6 Å². The van der Waals surface area contributed by atoms with E-state index < -0.39 is 5.97 Å². The summed E-state index contributed by atoms with van der Waals surface area (Å²) < 4.78 is 0. The van der Waals surface area contributed by atoms with E-state index in [4.69, 9.17) is 5.11 Å². The lowest BCUT2D eigenvalue weighted by Gasteiger charge is -2.38. The Kier molecular flexibility index (Phi) is 5.22. The highest BCUT2D eigenvalue weighted by Gasteiger charge is 2.28. The smallest absolute Gasteiger partial charge is 0.306 e. The van der Waals surface area contributed by atoms with E-state index in [1.807, 2.05) is 0 Å². The van der Waals surface area contributed by atoms with Crippen LogP contribution in [0.5, 0.6) is 0 Å². The number of hydrogen-bond acceptors (Lipinski definition) is 3. The molecule has 2 fully saturated rings. The van der Waals surface area contributed by atoms with E-state index in [-0.39, 0.29) is 5.92 Å². The van der Waals surface area contributed by atoms with Crippen LogP contribution < -0.4 is 0 Å². The summed E-state index contributed by atoms with van der Waals surface area (Å²) in [6.07, 6.45) is 6.53. The fraction of sp³-hybridized carbons (Fsp3) is 0.933. The molecular formula is C15H28N2O2. The predicted molar refractivity (Wildman–Crippen MR) is 76.2 cm³/mol. The van der Waals surface area contributed by atoms with Crippen molar-refractivity contribution in [1.29, 1.82) is 0 Å². The first kappa shape index (κ1) is 14.8. The molecule has 2 rings (SSSR count). The monoisotopic (exact) mass is 268 g/mol. The summed E-state index contributed by atoms with van der Waals surface area (Å²) in [7, 11) is 4.45. The second-order valence-electron chi connectivity index (χ2n) is 6.55. The molecule has 0 bridgehead atoms. The first-order valence-electron chi connectivity index (χ1n) is 7.68. The maximum atomic E-state index is 11.0. The molecule has 4 nitrogen and oxygen atoms in total. The van der Waals surface area contributed by atoms with Crippen molar-refractivity contribution in [3.63, 3.8) is 0 Å². The number of likely N-dealkylation sites (N-methyl/N-ethyl adjacent to an activating group) is 2. The second-order valence-corrected chi connectivity index (χ2v) is 6.55. The topological polar surface area (TPSA) is 43.8 Å². The predicted octanol–water partition coefficient (Wildman–Crippen LogP) is 1.90. The highest BCUT2D eigenvalue weighted by Crippen LogP contribution is 2.30. The SMILES string of the molecule is CN1CCCC(N(C)CC2CCC(C(=O)O)CC2)C1. The van der Waals surface area contributed by atoms with Gasteiger partial charge in [0, 0.05) is 19.1 Å². The Morgan fingerprint density at radius 2 is 1.95 bits per heavy atom. The van der Waals surface area contributed by atoms with Crippen LogP contribution in [0.2, 0.25) is 0 Å². The number of carboxylic acids is 1. The first-order chi connectivity index (χ1) is 9.06. The van der Waals surface area contributed by atoms with E-state index in [1.165, 1.54) is 25.9 Å². The van der Waals surface area contributed by atoms with E-state index in [9.17, 15) is 4.79 Å². The summed E-state index contributed by atoms with van der Waals surface area (Å²) in [4.78, 5) is 15.9. The van der Waals surface area contributed by atoms with Crippen LogP contribution in [0.4, 0.5) is 0 Å². The molecule has 1 unspecified atom stereocenters. The van der Waals surface area contributed by atoms with E-state index in [2.05, 4.69) is 23.9 Å². The standard InChI is InChI=1S/C15H28N2O2/c1-16-9-3-4-14(11-16)17(2)10-12-5-7-13(8-6-12)15(18)19/h12-14H,3-11H2,1-2H3,(H,18,19). The van der Waals surface area contributed by atoms with Crippen LogP contribution in [0.25, 0.3) is 0 Å². The fourth-order valence-corrected chi connectivity index (χ4v) is 3.65. The quantitative estimate of drug-likeness (QED) is 0.846. The minimum atomic E-state index is -0.597. The van der Waals surface area contributed by atoms with Crippen molar-refractivity contribution in [3.05, 3.63) is 0 Å². The zero-order valence-electron chi connectivity index (χ0n) is 12.3. The molecule has 0 spiro atoms. The molecule has 0 aromatic carbocycles. The third-order valence-corrected chi connectivity index (χ3v) is 4.97. The average Bonchev–Trinajstić information content (AvgIpc) is 2.39. The van der Waals surface area contributed by atoms with Gasteiger partial charge in [-0.15, -0.1) is 0 Å². The molecule has 1 aliphatic carbocycles. The molecule has 110 valence electrons. The van der Waals surface area contributed by atoms with Gasteiger partial charge in [-0.1, -0.05) is 0 Å². The second kappa shape index (κ2) is 6.71. The summed E-state index contributed by atoms with van der Waals surface area (Å²) in [6, 6.07) is 0.691. The minimum Gasteiger partial charge on any atom is -0.481 e. The number of piperidine rings is 1. The minimum absolute atomic E-state index is 0.0811. The van der Waals surface area contributed by atoms with Gasteiger partial charge >= 0.3 is 5.97 Å². The number of aliphatic carboxylic acids is 1. The van der Waals surface area contributed by atoms with Crippen molar-refractivity contribution in [1.82, 2.24) is 9.80 Å². The molecule has 1 aliphatic heterocycles. The first-order valence-corrected chi connectivity index (χ1v) is 7.68. The molecule has 0 radical (unpaired) electrons. The highest BCUT2D eigenvalue weighted by molar-refractivity contribution is 5.69. The molecule has 1 N–H and O–H groups in total. The number of carbonyl (C=O) groups is 1. The van der Waals surface area contributed by atoms with E-state index in [1.54, 1.807) is 0 Å². The lowest BCUT2D eigenvalue weighted by Crippen LogP contribution is -2.46. The van der Waals surface area contributed by atoms with Crippen LogP contribution in [0, 0.1) is 11.8 Å². The van der Waals surface area contributed by atoms with Gasteiger partial charge < -0.3 is 14.9 Å². The number of nitrogens with zero attached hydrogens (tertiary/aromatic N) is 2. The van der Waals surface area contributed by atoms with Crippen LogP contribution >= 0.6 is 0 Å². The van der Waals surface area contributed by atoms with Gasteiger partial charge in [-0.3, -0.25) is 4.79 Å². The molecular weight excluding hydrogens is 240 g/mol. The summed E-state index contributed by atoms with van der Waals surface area (Å²) in [5.74, 6) is 0.0240.